The number of hydrogen-bond acceptors (Lipinski definition) is 5. The molecule has 0 saturated heterocycles. The van der Waals surface area contributed by atoms with Gasteiger partial charge in [-0.3, -0.25) is 4.79 Å². The number of halogens is 1. The second-order valence-corrected chi connectivity index (χ2v) is 6.10. The van der Waals surface area contributed by atoms with Gasteiger partial charge in [0.2, 0.25) is 0 Å². The van der Waals surface area contributed by atoms with Crippen LogP contribution in [0.25, 0.3) is 0 Å². The van der Waals surface area contributed by atoms with E-state index in [0.29, 0.717) is 12.4 Å². The number of thiophene rings is 1. The van der Waals surface area contributed by atoms with Crippen LogP contribution in [0.3, 0.4) is 0 Å². The first-order valence-electron chi connectivity index (χ1n) is 5.27. The van der Waals surface area contributed by atoms with Gasteiger partial charge in [0.1, 0.15) is 5.82 Å². The van der Waals surface area contributed by atoms with E-state index >= 15 is 0 Å². The Bertz CT molecular complexity index is 540. The van der Waals surface area contributed by atoms with Gasteiger partial charge in [-0.1, -0.05) is 0 Å². The number of amides is 1. The summed E-state index contributed by atoms with van der Waals surface area (Å²) >= 11 is 5.06. The van der Waals surface area contributed by atoms with Gasteiger partial charge >= 0.3 is 0 Å². The third-order valence-corrected chi connectivity index (χ3v) is 3.89. The predicted octanol–water partition coefficient (Wildman–Crippen LogP) is 1.86. The summed E-state index contributed by atoms with van der Waals surface area (Å²) in [5.41, 5.74) is 5.67. The SMILES string of the molecule is Nc1ccc(C(=O)NCCc2ccc(Br)s2)nn1. The minimum atomic E-state index is -0.238. The van der Waals surface area contributed by atoms with Crippen LogP contribution in [0.15, 0.2) is 28.1 Å². The van der Waals surface area contributed by atoms with Crippen molar-refractivity contribution in [3.63, 3.8) is 0 Å². The molecular formula is C11H11BrN4OS. The third kappa shape index (κ3) is 3.51. The van der Waals surface area contributed by atoms with E-state index in [2.05, 4.69) is 31.4 Å². The molecule has 0 fully saturated rings. The Balaban J connectivity index is 1.83. The highest BCUT2D eigenvalue weighted by molar-refractivity contribution is 9.11. The topological polar surface area (TPSA) is 80.9 Å². The zero-order valence-corrected chi connectivity index (χ0v) is 11.8. The lowest BCUT2D eigenvalue weighted by atomic mass is 10.3. The van der Waals surface area contributed by atoms with Crippen LogP contribution in [0.2, 0.25) is 0 Å². The van der Waals surface area contributed by atoms with Crippen molar-refractivity contribution in [1.82, 2.24) is 15.5 Å². The molecule has 0 aliphatic heterocycles. The van der Waals surface area contributed by atoms with Crippen molar-refractivity contribution in [2.24, 2.45) is 0 Å². The lowest BCUT2D eigenvalue weighted by Crippen LogP contribution is -2.26. The summed E-state index contributed by atoms with van der Waals surface area (Å²) in [5.74, 6) is 0.0631. The summed E-state index contributed by atoms with van der Waals surface area (Å²) in [6.07, 6.45) is 0.796. The Hall–Kier alpha value is -1.47. The second kappa shape index (κ2) is 5.92. The standard InChI is InChI=1S/C11H11BrN4OS/c12-9-3-1-7(18-9)5-6-14-11(17)8-2-4-10(13)16-15-8/h1-4H,5-6H2,(H2,13,16)(H,14,17). The number of carbonyl (C=O) groups is 1. The molecule has 1 amide bonds. The van der Waals surface area contributed by atoms with Crippen molar-refractivity contribution < 1.29 is 4.79 Å². The van der Waals surface area contributed by atoms with Crippen molar-refractivity contribution in [3.05, 3.63) is 38.6 Å². The van der Waals surface area contributed by atoms with Gasteiger partial charge in [0.15, 0.2) is 5.69 Å². The third-order valence-electron chi connectivity index (χ3n) is 2.20. The zero-order chi connectivity index (χ0) is 13.0. The van der Waals surface area contributed by atoms with Crippen LogP contribution in [0, 0.1) is 0 Å². The first kappa shape index (κ1) is 13.0. The number of nitrogens with two attached hydrogens (primary N) is 1. The Morgan fingerprint density at radius 3 is 2.78 bits per heavy atom. The molecule has 2 rings (SSSR count). The number of nitrogen functional groups attached to an aromatic ring is 1. The van der Waals surface area contributed by atoms with Gasteiger partial charge in [0, 0.05) is 11.4 Å². The predicted molar refractivity (Wildman–Crippen MR) is 74.5 cm³/mol. The normalized spacial score (nSPS) is 10.3. The molecule has 2 aromatic heterocycles. The molecule has 0 spiro atoms. The molecule has 5 nitrogen and oxygen atoms in total. The van der Waals surface area contributed by atoms with E-state index in [1.807, 2.05) is 12.1 Å². The van der Waals surface area contributed by atoms with E-state index in [-0.39, 0.29) is 11.6 Å². The summed E-state index contributed by atoms with van der Waals surface area (Å²) < 4.78 is 1.09. The van der Waals surface area contributed by atoms with Crippen LogP contribution in [0.4, 0.5) is 5.82 Å². The number of rotatable bonds is 4. The van der Waals surface area contributed by atoms with Crippen LogP contribution < -0.4 is 11.1 Å². The highest BCUT2D eigenvalue weighted by Crippen LogP contribution is 2.22. The van der Waals surface area contributed by atoms with Crippen molar-refractivity contribution >= 4 is 39.0 Å². The first-order chi connectivity index (χ1) is 8.65. The highest BCUT2D eigenvalue weighted by atomic mass is 79.9. The van der Waals surface area contributed by atoms with Crippen LogP contribution in [-0.2, 0) is 6.42 Å². The van der Waals surface area contributed by atoms with Gasteiger partial charge in [0.05, 0.1) is 3.79 Å². The molecule has 0 aliphatic rings. The van der Waals surface area contributed by atoms with Crippen molar-refractivity contribution in [1.29, 1.82) is 0 Å². The minimum Gasteiger partial charge on any atom is -0.382 e. The first-order valence-corrected chi connectivity index (χ1v) is 6.88. The van der Waals surface area contributed by atoms with Crippen molar-refractivity contribution in [2.75, 3.05) is 12.3 Å². The molecule has 0 radical (unpaired) electrons. The maximum atomic E-state index is 11.7. The zero-order valence-electron chi connectivity index (χ0n) is 9.39. The maximum Gasteiger partial charge on any atom is 0.271 e. The summed E-state index contributed by atoms with van der Waals surface area (Å²) in [6, 6.07) is 7.13. The smallest absolute Gasteiger partial charge is 0.271 e. The molecule has 7 heteroatoms. The fourth-order valence-corrected chi connectivity index (χ4v) is 2.82. The largest absolute Gasteiger partial charge is 0.382 e. The molecule has 2 heterocycles. The summed E-state index contributed by atoms with van der Waals surface area (Å²) in [4.78, 5) is 12.9. The lowest BCUT2D eigenvalue weighted by Gasteiger charge is -2.03. The van der Waals surface area contributed by atoms with Gasteiger partial charge in [-0.25, -0.2) is 0 Å². The van der Waals surface area contributed by atoms with Crippen LogP contribution in [0.1, 0.15) is 15.4 Å². The van der Waals surface area contributed by atoms with Crippen molar-refractivity contribution in [3.8, 4) is 0 Å². The Morgan fingerprint density at radius 1 is 1.33 bits per heavy atom. The molecule has 0 bridgehead atoms. The maximum absolute atomic E-state index is 11.7. The van der Waals surface area contributed by atoms with E-state index in [4.69, 9.17) is 5.73 Å². The molecule has 0 atom stereocenters. The van der Waals surface area contributed by atoms with Crippen LogP contribution in [-0.4, -0.2) is 22.6 Å². The second-order valence-electron chi connectivity index (χ2n) is 3.56. The van der Waals surface area contributed by atoms with Gasteiger partial charge in [-0.05, 0) is 46.6 Å². The summed E-state index contributed by atoms with van der Waals surface area (Å²) in [5, 5.41) is 10.1. The van der Waals surface area contributed by atoms with E-state index in [1.54, 1.807) is 23.5 Å². The molecule has 0 aromatic carbocycles. The van der Waals surface area contributed by atoms with Crippen LogP contribution >= 0.6 is 27.3 Å². The van der Waals surface area contributed by atoms with E-state index in [1.165, 1.54) is 4.88 Å². The number of carbonyl (C=O) groups excluding carboxylic acids is 1. The van der Waals surface area contributed by atoms with Gasteiger partial charge in [-0.2, -0.15) is 0 Å². The molecule has 0 saturated carbocycles. The summed E-state index contributed by atoms with van der Waals surface area (Å²) in [7, 11) is 0. The highest BCUT2D eigenvalue weighted by Gasteiger charge is 2.07. The summed E-state index contributed by atoms with van der Waals surface area (Å²) in [6.45, 7) is 0.567. The van der Waals surface area contributed by atoms with Crippen LogP contribution in [0.5, 0.6) is 0 Å². The molecule has 18 heavy (non-hydrogen) atoms. The molecule has 94 valence electrons. The Kier molecular flexibility index (Phi) is 4.27. The van der Waals surface area contributed by atoms with Gasteiger partial charge in [-0.15, -0.1) is 21.5 Å². The molecular weight excluding hydrogens is 316 g/mol. The van der Waals surface area contributed by atoms with Gasteiger partial charge < -0.3 is 11.1 Å². The molecule has 2 aromatic rings. The molecule has 3 N–H and O–H groups in total. The number of anilines is 1. The quantitative estimate of drug-likeness (QED) is 0.898. The molecule has 0 aliphatic carbocycles. The Morgan fingerprint density at radius 2 is 2.17 bits per heavy atom. The number of aromatic nitrogens is 2. The average Bonchev–Trinajstić information content (AvgIpc) is 2.76. The minimum absolute atomic E-state index is 0.238. The number of nitrogens with zero attached hydrogens (tertiary/aromatic N) is 2. The number of nitrogens with one attached hydrogen (secondary N) is 1. The lowest BCUT2D eigenvalue weighted by molar-refractivity contribution is 0.0948. The van der Waals surface area contributed by atoms with E-state index in [9.17, 15) is 4.79 Å². The van der Waals surface area contributed by atoms with E-state index in [0.717, 1.165) is 10.2 Å². The average molecular weight is 327 g/mol. The monoisotopic (exact) mass is 326 g/mol. The fourth-order valence-electron chi connectivity index (χ4n) is 1.34. The fraction of sp³-hybridized carbons (Fsp3) is 0.182. The van der Waals surface area contributed by atoms with Gasteiger partial charge in [0.25, 0.3) is 5.91 Å². The number of hydrogen-bond donors (Lipinski definition) is 2. The van der Waals surface area contributed by atoms with E-state index < -0.39 is 0 Å². The molecule has 0 unspecified atom stereocenters. The van der Waals surface area contributed by atoms with Crippen molar-refractivity contribution in [2.45, 2.75) is 6.42 Å². The Labute approximate surface area is 117 Å².